The maximum Gasteiger partial charge on any atom is 0.134 e. The Kier molecular flexibility index (Phi) is 4.57. The highest BCUT2D eigenvalue weighted by atomic mass is 16.5. The SMILES string of the molecule is COCc1ncc(C)n1CCC1CCNCC1. The van der Waals surface area contributed by atoms with Crippen molar-refractivity contribution in [3.63, 3.8) is 0 Å². The molecular formula is C13H23N3O. The number of methoxy groups -OCH3 is 1. The lowest BCUT2D eigenvalue weighted by Gasteiger charge is -2.23. The van der Waals surface area contributed by atoms with Crippen LogP contribution in [-0.4, -0.2) is 29.8 Å². The molecule has 1 aliphatic heterocycles. The minimum atomic E-state index is 0.611. The van der Waals surface area contributed by atoms with Crippen molar-refractivity contribution in [2.45, 2.75) is 39.3 Å². The fraction of sp³-hybridized carbons (Fsp3) is 0.769. The Morgan fingerprint density at radius 3 is 2.94 bits per heavy atom. The van der Waals surface area contributed by atoms with Gasteiger partial charge in [0.15, 0.2) is 0 Å². The third-order valence-corrected chi connectivity index (χ3v) is 3.63. The quantitative estimate of drug-likeness (QED) is 0.847. The van der Waals surface area contributed by atoms with Crippen LogP contribution in [-0.2, 0) is 17.9 Å². The lowest BCUT2D eigenvalue weighted by Crippen LogP contribution is -2.28. The molecule has 0 aliphatic carbocycles. The molecule has 2 rings (SSSR count). The van der Waals surface area contributed by atoms with Crippen molar-refractivity contribution >= 4 is 0 Å². The molecular weight excluding hydrogens is 214 g/mol. The average molecular weight is 237 g/mol. The monoisotopic (exact) mass is 237 g/mol. The molecule has 1 aromatic rings. The zero-order valence-electron chi connectivity index (χ0n) is 10.9. The van der Waals surface area contributed by atoms with Crippen molar-refractivity contribution < 1.29 is 4.74 Å². The first-order valence-electron chi connectivity index (χ1n) is 6.52. The number of hydrogen-bond acceptors (Lipinski definition) is 3. The molecule has 0 aromatic carbocycles. The number of aromatic nitrogens is 2. The van der Waals surface area contributed by atoms with E-state index in [4.69, 9.17) is 4.74 Å². The summed E-state index contributed by atoms with van der Waals surface area (Å²) in [5, 5.41) is 3.41. The van der Waals surface area contributed by atoms with Crippen LogP contribution in [0.3, 0.4) is 0 Å². The van der Waals surface area contributed by atoms with E-state index in [9.17, 15) is 0 Å². The summed E-state index contributed by atoms with van der Waals surface area (Å²) in [6, 6.07) is 0. The van der Waals surface area contributed by atoms with E-state index >= 15 is 0 Å². The largest absolute Gasteiger partial charge is 0.377 e. The highest BCUT2D eigenvalue weighted by Gasteiger charge is 2.14. The molecule has 0 atom stereocenters. The Morgan fingerprint density at radius 2 is 2.24 bits per heavy atom. The standard InChI is InChI=1S/C13H23N3O/c1-11-9-15-13(10-17-2)16(11)8-5-12-3-6-14-7-4-12/h9,12,14H,3-8,10H2,1-2H3. The zero-order valence-corrected chi connectivity index (χ0v) is 10.9. The molecule has 4 nitrogen and oxygen atoms in total. The summed E-state index contributed by atoms with van der Waals surface area (Å²) < 4.78 is 7.48. The van der Waals surface area contributed by atoms with E-state index in [1.165, 1.54) is 38.0 Å². The number of aryl methyl sites for hydroxylation is 1. The lowest BCUT2D eigenvalue weighted by molar-refractivity contribution is 0.173. The molecule has 0 unspecified atom stereocenters. The fourth-order valence-electron chi connectivity index (χ4n) is 2.54. The van der Waals surface area contributed by atoms with Gasteiger partial charge in [-0.1, -0.05) is 0 Å². The van der Waals surface area contributed by atoms with Crippen LogP contribution in [0.5, 0.6) is 0 Å². The molecule has 0 saturated carbocycles. The number of nitrogens with one attached hydrogen (secondary N) is 1. The number of piperidine rings is 1. The molecule has 1 saturated heterocycles. The normalized spacial score (nSPS) is 17.5. The first kappa shape index (κ1) is 12.6. The summed E-state index contributed by atoms with van der Waals surface area (Å²) in [5.41, 5.74) is 1.24. The van der Waals surface area contributed by atoms with Gasteiger partial charge in [-0.15, -0.1) is 0 Å². The maximum absolute atomic E-state index is 5.18. The Hall–Kier alpha value is -0.870. The van der Waals surface area contributed by atoms with Crippen LogP contribution in [0.25, 0.3) is 0 Å². The van der Waals surface area contributed by atoms with E-state index in [2.05, 4.69) is 21.8 Å². The number of nitrogens with zero attached hydrogens (tertiary/aromatic N) is 2. The minimum Gasteiger partial charge on any atom is -0.377 e. The predicted molar refractivity (Wildman–Crippen MR) is 67.9 cm³/mol. The summed E-state index contributed by atoms with van der Waals surface area (Å²) >= 11 is 0. The van der Waals surface area contributed by atoms with Crippen LogP contribution in [0.1, 0.15) is 30.8 Å². The van der Waals surface area contributed by atoms with Crippen molar-refractivity contribution in [3.8, 4) is 0 Å². The molecule has 1 N–H and O–H groups in total. The highest BCUT2D eigenvalue weighted by Crippen LogP contribution is 2.18. The Balaban J connectivity index is 1.90. The van der Waals surface area contributed by atoms with E-state index in [1.54, 1.807) is 7.11 Å². The second-order valence-corrected chi connectivity index (χ2v) is 4.88. The van der Waals surface area contributed by atoms with Crippen molar-refractivity contribution in [2.75, 3.05) is 20.2 Å². The minimum absolute atomic E-state index is 0.611. The fourth-order valence-corrected chi connectivity index (χ4v) is 2.54. The van der Waals surface area contributed by atoms with Gasteiger partial charge in [-0.25, -0.2) is 4.98 Å². The molecule has 0 amide bonds. The summed E-state index contributed by atoms with van der Waals surface area (Å²) in [4.78, 5) is 4.39. The molecule has 1 aromatic heterocycles. The van der Waals surface area contributed by atoms with Crippen LogP contribution >= 0.6 is 0 Å². The molecule has 4 heteroatoms. The molecule has 1 fully saturated rings. The molecule has 96 valence electrons. The van der Waals surface area contributed by atoms with E-state index in [-0.39, 0.29) is 0 Å². The first-order chi connectivity index (χ1) is 8.31. The molecule has 0 spiro atoms. The van der Waals surface area contributed by atoms with Gasteiger partial charge in [0.1, 0.15) is 12.4 Å². The summed E-state index contributed by atoms with van der Waals surface area (Å²) in [6.07, 6.45) is 5.83. The van der Waals surface area contributed by atoms with Crippen LogP contribution < -0.4 is 5.32 Å². The van der Waals surface area contributed by atoms with E-state index < -0.39 is 0 Å². The highest BCUT2D eigenvalue weighted by molar-refractivity contribution is 5.02. The summed E-state index contributed by atoms with van der Waals surface area (Å²) in [5.74, 6) is 1.92. The number of ether oxygens (including phenoxy) is 1. The second kappa shape index (κ2) is 6.17. The molecule has 17 heavy (non-hydrogen) atoms. The van der Waals surface area contributed by atoms with Gasteiger partial charge < -0.3 is 14.6 Å². The third-order valence-electron chi connectivity index (χ3n) is 3.63. The number of hydrogen-bond donors (Lipinski definition) is 1. The number of rotatable bonds is 5. The zero-order chi connectivity index (χ0) is 12.1. The van der Waals surface area contributed by atoms with Crippen molar-refractivity contribution in [1.82, 2.24) is 14.9 Å². The van der Waals surface area contributed by atoms with Gasteiger partial charge in [-0.2, -0.15) is 0 Å². The third kappa shape index (κ3) is 3.30. The van der Waals surface area contributed by atoms with E-state index in [0.717, 1.165) is 18.3 Å². The van der Waals surface area contributed by atoms with Crippen LogP contribution in [0.15, 0.2) is 6.20 Å². The van der Waals surface area contributed by atoms with Gasteiger partial charge in [0.05, 0.1) is 0 Å². The average Bonchev–Trinajstić information content (AvgIpc) is 2.70. The van der Waals surface area contributed by atoms with Crippen molar-refractivity contribution in [1.29, 1.82) is 0 Å². The van der Waals surface area contributed by atoms with Crippen LogP contribution in [0, 0.1) is 12.8 Å². The second-order valence-electron chi connectivity index (χ2n) is 4.88. The first-order valence-corrected chi connectivity index (χ1v) is 6.52. The van der Waals surface area contributed by atoms with Gasteiger partial charge in [-0.3, -0.25) is 0 Å². The molecule has 2 heterocycles. The topological polar surface area (TPSA) is 39.1 Å². The van der Waals surface area contributed by atoms with Crippen LogP contribution in [0.4, 0.5) is 0 Å². The van der Waals surface area contributed by atoms with E-state index in [0.29, 0.717) is 6.61 Å². The van der Waals surface area contributed by atoms with Crippen molar-refractivity contribution in [2.24, 2.45) is 5.92 Å². The molecule has 1 aliphatic rings. The van der Waals surface area contributed by atoms with Gasteiger partial charge in [0.2, 0.25) is 0 Å². The van der Waals surface area contributed by atoms with Gasteiger partial charge in [0, 0.05) is 25.5 Å². The Morgan fingerprint density at radius 1 is 1.47 bits per heavy atom. The van der Waals surface area contributed by atoms with E-state index in [1.807, 2.05) is 6.20 Å². The Labute approximate surface area is 103 Å². The summed E-state index contributed by atoms with van der Waals surface area (Å²) in [7, 11) is 1.72. The molecule has 0 bridgehead atoms. The number of imidazole rings is 1. The van der Waals surface area contributed by atoms with Gasteiger partial charge >= 0.3 is 0 Å². The lowest BCUT2D eigenvalue weighted by atomic mass is 9.95. The maximum atomic E-state index is 5.18. The smallest absolute Gasteiger partial charge is 0.134 e. The van der Waals surface area contributed by atoms with Gasteiger partial charge in [-0.05, 0) is 45.2 Å². The molecule has 0 radical (unpaired) electrons. The van der Waals surface area contributed by atoms with Crippen LogP contribution in [0.2, 0.25) is 0 Å². The van der Waals surface area contributed by atoms with Gasteiger partial charge in [0.25, 0.3) is 0 Å². The summed E-state index contributed by atoms with van der Waals surface area (Å²) in [6.45, 7) is 6.17. The Bertz CT molecular complexity index is 342. The van der Waals surface area contributed by atoms with Crippen molar-refractivity contribution in [3.05, 3.63) is 17.7 Å². The predicted octanol–water partition coefficient (Wildman–Crippen LogP) is 1.73.